The third-order valence-corrected chi connectivity index (χ3v) is 12.8. The molecule has 42 heavy (non-hydrogen) atoms. The van der Waals surface area contributed by atoms with Crippen molar-refractivity contribution in [2.45, 2.75) is 68.2 Å². The predicted octanol–water partition coefficient (Wildman–Crippen LogP) is 6.91. The Bertz CT molecular complexity index is 1500. The van der Waals surface area contributed by atoms with E-state index in [1.807, 2.05) is 0 Å². The molecule has 4 aliphatic rings. The third-order valence-electron chi connectivity index (χ3n) is 9.79. The second-order valence-electron chi connectivity index (χ2n) is 12.6. The van der Waals surface area contributed by atoms with Gasteiger partial charge in [0.1, 0.15) is 10.5 Å². The minimum atomic E-state index is -2.44. The Hall–Kier alpha value is -2.90. The standard InChI is InChI=1S/C33H38N4O3S2/c34-22-32(14-15-32)36-30(38)27-9-5-4-8-26(27)28-29(41-31(35-28)33(16-17-33)24-6-2-1-3-7-24)23-10-12-25(13-11-23)37-18-20-42(39,40)21-19-37/h1-3,6-7,10-13,26-27,39-40H,4-5,8-9,14-21H2,(H,36,38)/t26-,27-/m1/s1. The molecule has 0 spiro atoms. The fourth-order valence-corrected chi connectivity index (χ4v) is 9.44. The van der Waals surface area contributed by atoms with E-state index in [4.69, 9.17) is 4.98 Å². The first-order chi connectivity index (χ1) is 20.3. The number of nitriles is 1. The van der Waals surface area contributed by atoms with Gasteiger partial charge in [-0.25, -0.2) is 4.98 Å². The summed E-state index contributed by atoms with van der Waals surface area (Å²) in [6.45, 7) is 1.28. The van der Waals surface area contributed by atoms with Crippen molar-refractivity contribution >= 4 is 33.5 Å². The van der Waals surface area contributed by atoms with Gasteiger partial charge in [-0.3, -0.25) is 13.9 Å². The van der Waals surface area contributed by atoms with E-state index < -0.39 is 16.1 Å². The zero-order chi connectivity index (χ0) is 29.0. The summed E-state index contributed by atoms with van der Waals surface area (Å²) in [7, 11) is -2.44. The molecular formula is C33H38N4O3S2. The van der Waals surface area contributed by atoms with Gasteiger partial charge in [-0.1, -0.05) is 55.3 Å². The van der Waals surface area contributed by atoms with Crippen molar-refractivity contribution < 1.29 is 13.9 Å². The Morgan fingerprint density at radius 3 is 2.33 bits per heavy atom. The molecule has 0 bridgehead atoms. The topological polar surface area (TPSA) is 109 Å². The van der Waals surface area contributed by atoms with Crippen LogP contribution >= 0.6 is 21.9 Å². The second-order valence-corrected chi connectivity index (χ2v) is 16.0. The highest BCUT2D eigenvalue weighted by Gasteiger charge is 2.50. The van der Waals surface area contributed by atoms with Gasteiger partial charge in [0.05, 0.1) is 28.1 Å². The largest absolute Gasteiger partial charge is 0.368 e. The molecule has 220 valence electrons. The molecule has 2 heterocycles. The highest BCUT2D eigenvalue weighted by atomic mass is 32.3. The minimum Gasteiger partial charge on any atom is -0.368 e. The first-order valence-corrected chi connectivity index (χ1v) is 17.9. The van der Waals surface area contributed by atoms with Gasteiger partial charge in [0, 0.05) is 36.0 Å². The van der Waals surface area contributed by atoms with Gasteiger partial charge in [0.2, 0.25) is 5.91 Å². The van der Waals surface area contributed by atoms with Crippen molar-refractivity contribution in [1.29, 1.82) is 5.26 Å². The van der Waals surface area contributed by atoms with Crippen LogP contribution in [0, 0.1) is 17.2 Å². The lowest BCUT2D eigenvalue weighted by Crippen LogP contribution is -2.42. The number of benzene rings is 2. The number of anilines is 1. The van der Waals surface area contributed by atoms with Crippen molar-refractivity contribution in [2.24, 2.45) is 5.92 Å². The number of nitrogens with zero attached hydrogens (tertiary/aromatic N) is 3. The second kappa shape index (κ2) is 10.7. The van der Waals surface area contributed by atoms with Gasteiger partial charge in [0.15, 0.2) is 0 Å². The molecule has 1 amide bonds. The fraction of sp³-hybridized carbons (Fsp3) is 0.485. The van der Waals surface area contributed by atoms with Crippen LogP contribution < -0.4 is 10.2 Å². The molecule has 9 heteroatoms. The van der Waals surface area contributed by atoms with Crippen LogP contribution in [0.15, 0.2) is 54.6 Å². The van der Waals surface area contributed by atoms with Crippen LogP contribution in [0.4, 0.5) is 5.69 Å². The van der Waals surface area contributed by atoms with Crippen LogP contribution in [0.25, 0.3) is 10.4 Å². The SMILES string of the molecule is N#CC1(NC(=O)[C@@H]2CCCC[C@H]2c2nc(C3(c4ccccc4)CC3)sc2-c2ccc(N3CCS(O)(O)CC3)cc2)CC1. The quantitative estimate of drug-likeness (QED) is 0.271. The van der Waals surface area contributed by atoms with E-state index in [2.05, 4.69) is 70.9 Å². The summed E-state index contributed by atoms with van der Waals surface area (Å²) in [4.78, 5) is 22.4. The summed E-state index contributed by atoms with van der Waals surface area (Å²) >= 11 is 1.78. The van der Waals surface area contributed by atoms with Crippen molar-refractivity contribution in [2.75, 3.05) is 29.5 Å². The molecule has 3 N–H and O–H groups in total. The lowest BCUT2D eigenvalue weighted by molar-refractivity contribution is -0.127. The first kappa shape index (κ1) is 27.9. The summed E-state index contributed by atoms with van der Waals surface area (Å²) in [6, 6.07) is 21.6. The highest BCUT2D eigenvalue weighted by Crippen LogP contribution is 2.57. The van der Waals surface area contributed by atoms with Crippen LogP contribution in [-0.2, 0) is 10.2 Å². The van der Waals surface area contributed by atoms with Crippen molar-refractivity contribution in [3.05, 3.63) is 70.9 Å². The van der Waals surface area contributed by atoms with Gasteiger partial charge in [-0.2, -0.15) is 15.9 Å². The summed E-state index contributed by atoms with van der Waals surface area (Å²) in [5.41, 5.74) is 3.83. The molecule has 0 unspecified atom stereocenters. The van der Waals surface area contributed by atoms with E-state index in [0.717, 1.165) is 78.2 Å². The average Bonchev–Trinajstić information content (AvgIpc) is 3.95. The van der Waals surface area contributed by atoms with E-state index in [9.17, 15) is 19.2 Å². The Labute approximate surface area is 253 Å². The summed E-state index contributed by atoms with van der Waals surface area (Å²) in [5.74, 6) is 0.674. The van der Waals surface area contributed by atoms with Gasteiger partial charge >= 0.3 is 0 Å². The molecule has 1 saturated heterocycles. The maximum atomic E-state index is 13.6. The number of carbonyl (C=O) groups is 1. The number of carbonyl (C=O) groups excluding carboxylic acids is 1. The molecule has 3 saturated carbocycles. The first-order valence-electron chi connectivity index (χ1n) is 15.2. The highest BCUT2D eigenvalue weighted by molar-refractivity contribution is 8.24. The Balaban J connectivity index is 1.24. The molecular weight excluding hydrogens is 565 g/mol. The number of hydrogen-bond acceptors (Lipinski definition) is 7. The Kier molecular flexibility index (Phi) is 7.09. The molecule has 7 nitrogen and oxygen atoms in total. The van der Waals surface area contributed by atoms with Crippen LogP contribution in [0.1, 0.15) is 73.5 Å². The molecule has 2 atom stereocenters. The van der Waals surface area contributed by atoms with E-state index in [0.29, 0.717) is 24.6 Å². The zero-order valence-electron chi connectivity index (χ0n) is 23.8. The van der Waals surface area contributed by atoms with E-state index in [1.54, 1.807) is 11.3 Å². The molecule has 1 aliphatic heterocycles. The summed E-state index contributed by atoms with van der Waals surface area (Å²) < 4.78 is 20.1. The maximum Gasteiger partial charge on any atom is 0.225 e. The monoisotopic (exact) mass is 602 g/mol. The number of amides is 1. The Morgan fingerprint density at radius 2 is 1.69 bits per heavy atom. The third kappa shape index (κ3) is 5.24. The molecule has 4 fully saturated rings. The van der Waals surface area contributed by atoms with Gasteiger partial charge in [-0.15, -0.1) is 11.3 Å². The maximum absolute atomic E-state index is 13.6. The van der Waals surface area contributed by atoms with Crippen LogP contribution in [0.3, 0.4) is 0 Å². The van der Waals surface area contributed by atoms with Crippen LogP contribution in [0.5, 0.6) is 0 Å². The van der Waals surface area contributed by atoms with Crippen LogP contribution in [-0.4, -0.2) is 50.1 Å². The Morgan fingerprint density at radius 1 is 1.00 bits per heavy atom. The van der Waals surface area contributed by atoms with E-state index in [-0.39, 0.29) is 23.2 Å². The van der Waals surface area contributed by atoms with Crippen molar-refractivity contribution in [1.82, 2.24) is 10.3 Å². The molecule has 1 aromatic heterocycles. The van der Waals surface area contributed by atoms with Crippen molar-refractivity contribution in [3.8, 4) is 16.5 Å². The number of aromatic nitrogens is 1. The van der Waals surface area contributed by atoms with Crippen molar-refractivity contribution in [3.63, 3.8) is 0 Å². The number of rotatable bonds is 7. The number of hydrogen-bond donors (Lipinski definition) is 3. The normalized spacial score (nSPS) is 26.1. The summed E-state index contributed by atoms with van der Waals surface area (Å²) in [5, 5.41) is 13.9. The van der Waals surface area contributed by atoms with Gasteiger partial charge in [-0.05, 0) is 61.8 Å². The number of nitrogens with one attached hydrogen (secondary N) is 1. The van der Waals surface area contributed by atoms with Gasteiger partial charge in [0.25, 0.3) is 0 Å². The average molecular weight is 603 g/mol. The van der Waals surface area contributed by atoms with Crippen LogP contribution in [0.2, 0.25) is 0 Å². The molecule has 7 rings (SSSR count). The van der Waals surface area contributed by atoms with E-state index >= 15 is 0 Å². The molecule has 2 aromatic carbocycles. The molecule has 0 radical (unpaired) electrons. The smallest absolute Gasteiger partial charge is 0.225 e. The minimum absolute atomic E-state index is 0.00913. The lowest BCUT2D eigenvalue weighted by atomic mass is 9.76. The predicted molar refractivity (Wildman–Crippen MR) is 169 cm³/mol. The van der Waals surface area contributed by atoms with Gasteiger partial charge < -0.3 is 10.2 Å². The fourth-order valence-electron chi connectivity index (χ4n) is 6.80. The van der Waals surface area contributed by atoms with E-state index in [1.165, 1.54) is 5.56 Å². The molecule has 3 aliphatic carbocycles. The lowest BCUT2D eigenvalue weighted by Gasteiger charge is -2.41. The molecule has 3 aromatic rings. The zero-order valence-corrected chi connectivity index (χ0v) is 25.4. The summed E-state index contributed by atoms with van der Waals surface area (Å²) in [6.07, 6.45) is 7.46. The number of thiazole rings is 1.